The fraction of sp³-hybridized carbons (Fsp3) is 0.273. The number of amides is 1. The summed E-state index contributed by atoms with van der Waals surface area (Å²) in [6.45, 7) is 2.91. The molecule has 0 saturated carbocycles. The van der Waals surface area contributed by atoms with Gasteiger partial charge in [0.05, 0.1) is 7.05 Å². The van der Waals surface area contributed by atoms with Gasteiger partial charge in [-0.1, -0.05) is 55.5 Å². The first-order valence-electron chi connectivity index (χ1n) is 9.36. The third kappa shape index (κ3) is 4.26. The van der Waals surface area contributed by atoms with E-state index < -0.39 is 6.04 Å². The Morgan fingerprint density at radius 3 is 2.52 bits per heavy atom. The molecule has 1 amide bonds. The predicted molar refractivity (Wildman–Crippen MR) is 107 cm³/mol. The number of rotatable bonds is 8. The van der Waals surface area contributed by atoms with Crippen molar-refractivity contribution in [1.29, 1.82) is 0 Å². The maximum Gasteiger partial charge on any atom is 0.275 e. The van der Waals surface area contributed by atoms with Crippen LogP contribution in [0.5, 0.6) is 0 Å². The summed E-state index contributed by atoms with van der Waals surface area (Å²) in [4.78, 5) is 29.7. The zero-order valence-corrected chi connectivity index (χ0v) is 15.8. The van der Waals surface area contributed by atoms with Crippen molar-refractivity contribution in [1.82, 2.24) is 10.3 Å². The molecule has 0 fully saturated rings. The van der Waals surface area contributed by atoms with E-state index in [1.54, 1.807) is 6.20 Å². The molecule has 3 rings (SSSR count). The van der Waals surface area contributed by atoms with Gasteiger partial charge < -0.3 is 15.2 Å². The number of ketones is 1. The summed E-state index contributed by atoms with van der Waals surface area (Å²) in [7, 11) is 1.90. The summed E-state index contributed by atoms with van der Waals surface area (Å²) in [6, 6.07) is 17.0. The van der Waals surface area contributed by atoms with Crippen molar-refractivity contribution in [3.8, 4) is 0 Å². The number of aromatic nitrogens is 1. The fourth-order valence-electron chi connectivity index (χ4n) is 3.42. The molecule has 5 heteroatoms. The molecule has 140 valence electrons. The van der Waals surface area contributed by atoms with E-state index in [1.807, 2.05) is 68.6 Å². The van der Waals surface area contributed by atoms with E-state index in [0.29, 0.717) is 12.1 Å². The van der Waals surface area contributed by atoms with Crippen LogP contribution < -0.4 is 10.2 Å². The molecule has 27 heavy (non-hydrogen) atoms. The molecule has 1 heterocycles. The van der Waals surface area contributed by atoms with Crippen LogP contribution in [-0.2, 0) is 4.79 Å². The molecule has 0 spiro atoms. The summed E-state index contributed by atoms with van der Waals surface area (Å²) in [5.41, 5.74) is 2.51. The smallest absolute Gasteiger partial charge is 0.275 e. The van der Waals surface area contributed by atoms with Crippen LogP contribution in [0.25, 0.3) is 10.9 Å². The molecule has 0 aliphatic carbocycles. The molecule has 3 N–H and O–H groups in total. The van der Waals surface area contributed by atoms with Crippen molar-refractivity contribution in [3.05, 3.63) is 71.9 Å². The minimum Gasteiger partial charge on any atom is -0.360 e. The van der Waals surface area contributed by atoms with Crippen molar-refractivity contribution in [2.75, 3.05) is 20.1 Å². The minimum atomic E-state index is -0.446. The van der Waals surface area contributed by atoms with Gasteiger partial charge in [-0.15, -0.1) is 0 Å². The number of fused-ring (bicyclic) bond motifs is 1. The number of Topliss-reactive ketones (excluding diaryl/α,β-unsaturated/α-hetero) is 1. The van der Waals surface area contributed by atoms with Gasteiger partial charge in [-0.05, 0) is 12.5 Å². The predicted octanol–water partition coefficient (Wildman–Crippen LogP) is 2.13. The van der Waals surface area contributed by atoms with Crippen LogP contribution >= 0.6 is 0 Å². The van der Waals surface area contributed by atoms with Gasteiger partial charge in [0.2, 0.25) is 5.78 Å². The van der Waals surface area contributed by atoms with E-state index in [9.17, 15) is 9.59 Å². The molecule has 1 aromatic heterocycles. The summed E-state index contributed by atoms with van der Waals surface area (Å²) in [5, 5.41) is 3.80. The van der Waals surface area contributed by atoms with Gasteiger partial charge in [0.15, 0.2) is 12.6 Å². The first kappa shape index (κ1) is 18.9. The highest BCUT2D eigenvalue weighted by molar-refractivity contribution is 6.10. The molecule has 2 atom stereocenters. The lowest BCUT2D eigenvalue weighted by Crippen LogP contribution is -3.11. The highest BCUT2D eigenvalue weighted by Crippen LogP contribution is 2.23. The molecule has 0 aliphatic heterocycles. The van der Waals surface area contributed by atoms with E-state index in [0.717, 1.165) is 27.8 Å². The molecule has 0 aliphatic rings. The third-order valence-corrected chi connectivity index (χ3v) is 4.75. The Kier molecular flexibility index (Phi) is 6.04. The number of H-pyrrole nitrogens is 1. The van der Waals surface area contributed by atoms with E-state index in [1.165, 1.54) is 0 Å². The van der Waals surface area contributed by atoms with Gasteiger partial charge in [0, 0.05) is 34.8 Å². The van der Waals surface area contributed by atoms with Crippen molar-refractivity contribution in [2.45, 2.75) is 19.4 Å². The number of likely N-dealkylation sites (N-methyl/N-ethyl adjacent to an activating group) is 1. The van der Waals surface area contributed by atoms with Crippen LogP contribution in [0.1, 0.15) is 35.3 Å². The van der Waals surface area contributed by atoms with Crippen molar-refractivity contribution in [2.24, 2.45) is 0 Å². The lowest BCUT2D eigenvalue weighted by atomic mass is 9.96. The zero-order chi connectivity index (χ0) is 19.2. The second-order valence-corrected chi connectivity index (χ2v) is 6.83. The summed E-state index contributed by atoms with van der Waals surface area (Å²) in [6.07, 6.45) is 2.66. The van der Waals surface area contributed by atoms with Gasteiger partial charge >= 0.3 is 0 Å². The van der Waals surface area contributed by atoms with Crippen molar-refractivity contribution >= 4 is 22.6 Å². The van der Waals surface area contributed by atoms with E-state index in [4.69, 9.17) is 0 Å². The number of nitrogens with one attached hydrogen (secondary N) is 3. The quantitative estimate of drug-likeness (QED) is 0.536. The van der Waals surface area contributed by atoms with E-state index in [2.05, 4.69) is 10.3 Å². The molecular weight excluding hydrogens is 338 g/mol. The number of para-hydroxylation sites is 1. The van der Waals surface area contributed by atoms with Gasteiger partial charge in [-0.25, -0.2) is 0 Å². The highest BCUT2D eigenvalue weighted by atomic mass is 16.2. The first-order chi connectivity index (χ1) is 13.1. The molecule has 0 bridgehead atoms. The van der Waals surface area contributed by atoms with Crippen molar-refractivity contribution < 1.29 is 14.5 Å². The number of carbonyl (C=O) groups excluding carboxylic acids is 2. The summed E-state index contributed by atoms with van der Waals surface area (Å²) < 4.78 is 0. The standard InChI is InChI=1S/C22H25N3O2/c1-3-13-23-20(26)15-25(2)21(16-9-5-4-6-10-16)22(27)18-14-24-19-12-8-7-11-17(18)19/h4-12,14,21,24H,3,13,15H2,1-2H3,(H,23,26)/p+1/t21-/m1/s1. The maximum atomic E-state index is 13.5. The average Bonchev–Trinajstić information content (AvgIpc) is 3.11. The largest absolute Gasteiger partial charge is 0.360 e. The minimum absolute atomic E-state index is 0.0134. The Bertz CT molecular complexity index is 917. The second kappa shape index (κ2) is 8.64. The monoisotopic (exact) mass is 364 g/mol. The first-order valence-corrected chi connectivity index (χ1v) is 9.36. The van der Waals surface area contributed by atoms with Gasteiger partial charge in [-0.2, -0.15) is 0 Å². The van der Waals surface area contributed by atoms with Crippen LogP contribution in [0.3, 0.4) is 0 Å². The normalized spacial score (nSPS) is 13.3. The molecule has 5 nitrogen and oxygen atoms in total. The molecular formula is C22H26N3O2+. The Morgan fingerprint density at radius 1 is 1.07 bits per heavy atom. The SMILES string of the molecule is CCCNC(=O)C[NH+](C)[C@@H](C(=O)c1c[nH]c2ccccc12)c1ccccc1. The van der Waals surface area contributed by atoms with Crippen LogP contribution in [0, 0.1) is 0 Å². The second-order valence-electron chi connectivity index (χ2n) is 6.83. The number of aromatic amines is 1. The molecule has 0 radical (unpaired) electrons. The van der Waals surface area contributed by atoms with Gasteiger partial charge in [-0.3, -0.25) is 9.59 Å². The van der Waals surface area contributed by atoms with E-state index >= 15 is 0 Å². The average molecular weight is 364 g/mol. The zero-order valence-electron chi connectivity index (χ0n) is 15.8. The molecule has 0 saturated heterocycles. The van der Waals surface area contributed by atoms with Crippen LogP contribution in [0.15, 0.2) is 60.8 Å². The number of hydrogen-bond acceptors (Lipinski definition) is 2. The Labute approximate surface area is 159 Å². The van der Waals surface area contributed by atoms with Crippen molar-refractivity contribution in [3.63, 3.8) is 0 Å². The molecule has 1 unspecified atom stereocenters. The van der Waals surface area contributed by atoms with Gasteiger partial charge in [0.1, 0.15) is 0 Å². The Balaban J connectivity index is 1.92. The highest BCUT2D eigenvalue weighted by Gasteiger charge is 2.32. The van der Waals surface area contributed by atoms with Crippen LogP contribution in [0.4, 0.5) is 0 Å². The summed E-state index contributed by atoms with van der Waals surface area (Å²) in [5.74, 6) is -0.0264. The van der Waals surface area contributed by atoms with Gasteiger partial charge in [0.25, 0.3) is 5.91 Å². The number of benzene rings is 2. The fourth-order valence-corrected chi connectivity index (χ4v) is 3.42. The maximum absolute atomic E-state index is 13.5. The number of carbonyl (C=O) groups is 2. The summed E-state index contributed by atoms with van der Waals surface area (Å²) >= 11 is 0. The van der Waals surface area contributed by atoms with Crippen LogP contribution in [0.2, 0.25) is 0 Å². The number of quaternary nitrogens is 1. The third-order valence-electron chi connectivity index (χ3n) is 4.75. The number of hydrogen-bond donors (Lipinski definition) is 3. The van der Waals surface area contributed by atoms with E-state index in [-0.39, 0.29) is 18.2 Å². The Hall–Kier alpha value is -2.92. The lowest BCUT2D eigenvalue weighted by Gasteiger charge is -2.24. The topological polar surface area (TPSA) is 66.4 Å². The molecule has 2 aromatic carbocycles. The molecule has 3 aromatic rings. The lowest BCUT2D eigenvalue weighted by molar-refractivity contribution is -0.893. The van der Waals surface area contributed by atoms with Crippen LogP contribution in [-0.4, -0.2) is 36.8 Å². The Morgan fingerprint density at radius 2 is 1.78 bits per heavy atom.